The van der Waals surface area contributed by atoms with Crippen LogP contribution in [0, 0.1) is 43.2 Å². The first-order chi connectivity index (χ1) is 5.41. The fourth-order valence-electron chi connectivity index (χ4n) is 0.557. The molecule has 0 saturated carbocycles. The molecule has 0 bridgehead atoms. The van der Waals surface area contributed by atoms with Gasteiger partial charge in [-0.15, -0.1) is 31.2 Å². The second-order valence-electron chi connectivity index (χ2n) is 2.21. The van der Waals surface area contributed by atoms with Gasteiger partial charge in [0.25, 0.3) is 0 Å². The van der Waals surface area contributed by atoms with Crippen molar-refractivity contribution in [2.45, 2.75) is 26.2 Å². The number of unbranched alkanes of at least 4 members (excludes halogenated alkanes) is 1. The zero-order chi connectivity index (χ0) is 8.36. The standard InChI is InChI=1S/C5H5.C4H10NO.5CH3.2ClH.Hf/c1-2-4-5-3-1;1-2-3-4-6-5;;;;;;;;/h1-3H,4H2;5H,2-4H2,1H3;5*1H3;2*1H;/q7*-1;;;. The molecule has 0 spiro atoms. The SMILES string of the molecule is CCCCO[NH-].Cl.Cl.[C-]1=CC=CC1.[CH3-].[CH3-].[CH3-].[CH3-].[CH3-].[Hf]. The van der Waals surface area contributed by atoms with Gasteiger partial charge in [-0.1, -0.05) is 13.3 Å². The van der Waals surface area contributed by atoms with Crippen molar-refractivity contribution < 1.29 is 30.7 Å². The fraction of sp³-hybridized carbons (Fsp3) is 0.357. The maximum atomic E-state index is 6.21. The summed E-state index contributed by atoms with van der Waals surface area (Å²) in [5, 5.41) is 0. The average Bonchev–Trinajstić information content (AvgIpc) is 2.57. The van der Waals surface area contributed by atoms with Crippen molar-refractivity contribution >= 4 is 24.8 Å². The average molecular weight is 480 g/mol. The maximum Gasteiger partial charge on any atom is 0.0243 e. The van der Waals surface area contributed by atoms with E-state index in [1.54, 1.807) is 0 Å². The van der Waals surface area contributed by atoms with Gasteiger partial charge >= 0.3 is 0 Å². The number of nitrogens with one attached hydrogen (secondary N) is 1. The Kier molecular flexibility index (Phi) is 195. The summed E-state index contributed by atoms with van der Waals surface area (Å²) in [4.78, 5) is 4.03. The molecule has 0 aromatic rings. The van der Waals surface area contributed by atoms with E-state index < -0.39 is 0 Å². The van der Waals surface area contributed by atoms with Gasteiger partial charge in [0.2, 0.25) is 0 Å². The molecule has 1 aliphatic carbocycles. The molecule has 0 saturated heterocycles. The third-order valence-corrected chi connectivity index (χ3v) is 1.19. The molecule has 124 valence electrons. The molecule has 1 N–H and O–H groups in total. The van der Waals surface area contributed by atoms with E-state index >= 15 is 0 Å². The summed E-state index contributed by atoms with van der Waals surface area (Å²) in [6.45, 7) is 2.65. The van der Waals surface area contributed by atoms with Crippen LogP contribution < -0.4 is 0 Å². The topological polar surface area (TPSA) is 33.0 Å². The molecule has 1 aliphatic rings. The van der Waals surface area contributed by atoms with Crippen LogP contribution in [0.15, 0.2) is 18.2 Å². The Morgan fingerprint density at radius 2 is 1.58 bits per heavy atom. The van der Waals surface area contributed by atoms with Crippen LogP contribution in [0.1, 0.15) is 26.2 Å². The van der Waals surface area contributed by atoms with Crippen molar-refractivity contribution in [3.05, 3.63) is 67.3 Å². The quantitative estimate of drug-likeness (QED) is 0.206. The van der Waals surface area contributed by atoms with E-state index in [-0.39, 0.29) is 87.8 Å². The second-order valence-corrected chi connectivity index (χ2v) is 2.21. The fourth-order valence-corrected chi connectivity index (χ4v) is 0.557. The van der Waals surface area contributed by atoms with Crippen LogP contribution in [0.3, 0.4) is 0 Å². The number of allylic oxidation sites excluding steroid dienone is 4. The van der Waals surface area contributed by atoms with E-state index in [1.807, 2.05) is 12.2 Å². The Hall–Kier alpha value is 0.850. The molecule has 0 unspecified atom stereocenters. The van der Waals surface area contributed by atoms with Crippen LogP contribution >= 0.6 is 24.8 Å². The van der Waals surface area contributed by atoms with Gasteiger partial charge in [-0.3, -0.25) is 6.08 Å². The first kappa shape index (κ1) is 59.9. The molecular formula is C14H32Cl2HfNO-7. The van der Waals surface area contributed by atoms with E-state index in [0.717, 1.165) is 19.3 Å². The molecule has 0 radical (unpaired) electrons. The predicted molar refractivity (Wildman–Crippen MR) is 93.3 cm³/mol. The molecule has 0 aliphatic heterocycles. The molecule has 0 heterocycles. The maximum absolute atomic E-state index is 6.21. The third-order valence-electron chi connectivity index (χ3n) is 1.19. The van der Waals surface area contributed by atoms with Gasteiger partial charge in [0, 0.05) is 32.5 Å². The van der Waals surface area contributed by atoms with E-state index in [1.165, 1.54) is 0 Å². The van der Waals surface area contributed by atoms with Gasteiger partial charge in [-0.05, 0) is 6.42 Å². The van der Waals surface area contributed by atoms with Gasteiger partial charge in [-0.2, -0.15) is 6.08 Å². The van der Waals surface area contributed by atoms with Crippen LogP contribution in [0.4, 0.5) is 0 Å². The molecule has 0 aromatic heterocycles. The summed E-state index contributed by atoms with van der Waals surface area (Å²) in [5.41, 5.74) is 0. The Morgan fingerprint density at radius 3 is 1.68 bits per heavy atom. The molecule has 19 heavy (non-hydrogen) atoms. The van der Waals surface area contributed by atoms with Crippen LogP contribution in [0.25, 0.3) is 5.90 Å². The second kappa shape index (κ2) is 61.9. The van der Waals surface area contributed by atoms with Crippen molar-refractivity contribution in [1.82, 2.24) is 0 Å². The third kappa shape index (κ3) is 68.3. The van der Waals surface area contributed by atoms with Crippen LogP contribution in [0.2, 0.25) is 0 Å². The first-order valence-electron chi connectivity index (χ1n) is 3.92. The summed E-state index contributed by atoms with van der Waals surface area (Å²) in [5.74, 6) is 6.21. The predicted octanol–water partition coefficient (Wildman–Crippen LogP) is 6.17. The van der Waals surface area contributed by atoms with Crippen LogP contribution in [0.5, 0.6) is 0 Å². The summed E-state index contributed by atoms with van der Waals surface area (Å²) < 4.78 is 0. The molecule has 2 nitrogen and oxygen atoms in total. The normalized spacial score (nSPS) is 7.47. The number of hydrogen-bond acceptors (Lipinski definition) is 1. The minimum atomic E-state index is 0. The zero-order valence-electron chi connectivity index (χ0n) is 13.3. The number of rotatable bonds is 3. The smallest absolute Gasteiger partial charge is 0.0243 e. The zero-order valence-corrected chi connectivity index (χ0v) is 18.5. The van der Waals surface area contributed by atoms with Crippen molar-refractivity contribution in [3.8, 4) is 0 Å². The van der Waals surface area contributed by atoms with Gasteiger partial charge in [0.1, 0.15) is 0 Å². The molecule has 0 aromatic carbocycles. The van der Waals surface area contributed by atoms with Crippen molar-refractivity contribution in [2.75, 3.05) is 6.61 Å². The largest absolute Gasteiger partial charge is 0.549 e. The van der Waals surface area contributed by atoms with E-state index in [4.69, 9.17) is 5.90 Å². The molecule has 5 heteroatoms. The summed E-state index contributed by atoms with van der Waals surface area (Å²) in [7, 11) is 0. The minimum absolute atomic E-state index is 0. The van der Waals surface area contributed by atoms with E-state index in [0.29, 0.717) is 6.61 Å². The first-order valence-corrected chi connectivity index (χ1v) is 3.92. The van der Waals surface area contributed by atoms with Crippen molar-refractivity contribution in [2.24, 2.45) is 0 Å². The van der Waals surface area contributed by atoms with Crippen LogP contribution in [-0.4, -0.2) is 6.61 Å². The van der Waals surface area contributed by atoms with Crippen LogP contribution in [-0.2, 0) is 30.7 Å². The van der Waals surface area contributed by atoms with E-state index in [9.17, 15) is 0 Å². The van der Waals surface area contributed by atoms with Gasteiger partial charge in [0.15, 0.2) is 0 Å². The van der Waals surface area contributed by atoms with Gasteiger partial charge in [0.05, 0.1) is 0 Å². The molecule has 0 amide bonds. The van der Waals surface area contributed by atoms with Gasteiger partial charge < -0.3 is 47.9 Å². The van der Waals surface area contributed by atoms with E-state index in [2.05, 4.69) is 23.9 Å². The Morgan fingerprint density at radius 1 is 1.11 bits per heavy atom. The number of hydrogen-bond donors (Lipinski definition) is 0. The Balaban J connectivity index is -0.0000000106. The molecule has 0 atom stereocenters. The molecule has 1 rings (SSSR count). The summed E-state index contributed by atoms with van der Waals surface area (Å²) in [6, 6.07) is 0. The number of halogens is 2. The monoisotopic (exact) mass is 480 g/mol. The van der Waals surface area contributed by atoms with Gasteiger partial charge in [-0.25, -0.2) is 12.2 Å². The Labute approximate surface area is 155 Å². The summed E-state index contributed by atoms with van der Waals surface area (Å²) >= 11 is 0. The Bertz CT molecular complexity index is 121. The molecular weight excluding hydrogens is 448 g/mol. The minimum Gasteiger partial charge on any atom is -0.549 e. The molecule has 0 fully saturated rings. The van der Waals surface area contributed by atoms with Crippen molar-refractivity contribution in [3.63, 3.8) is 0 Å². The van der Waals surface area contributed by atoms with Crippen molar-refractivity contribution in [1.29, 1.82) is 0 Å². The summed E-state index contributed by atoms with van der Waals surface area (Å²) in [6.07, 6.45) is 12.1.